The fourth-order valence-electron chi connectivity index (χ4n) is 1.38. The molecule has 1 rings (SSSR count). The molecule has 0 aromatic heterocycles. The first-order valence-electron chi connectivity index (χ1n) is 4.71. The average Bonchev–Trinajstić information content (AvgIpc) is 2.15. The van der Waals surface area contributed by atoms with Crippen molar-refractivity contribution in [3.8, 4) is 0 Å². The highest BCUT2D eigenvalue weighted by Gasteiger charge is 2.01. The van der Waals surface area contributed by atoms with Crippen LogP contribution in [0.15, 0.2) is 30.3 Å². The molecule has 1 heteroatoms. The predicted molar refractivity (Wildman–Crippen MR) is 58.6 cm³/mol. The van der Waals surface area contributed by atoms with Gasteiger partial charge in [-0.05, 0) is 17.0 Å². The maximum Gasteiger partial charge on any atom is 0.0110 e. The molecule has 0 heterocycles. The molecule has 0 spiro atoms. The summed E-state index contributed by atoms with van der Waals surface area (Å²) >= 11 is 0. The van der Waals surface area contributed by atoms with Gasteiger partial charge in [0.05, 0.1) is 0 Å². The van der Waals surface area contributed by atoms with E-state index < -0.39 is 0 Å². The van der Waals surface area contributed by atoms with E-state index in [1.165, 1.54) is 11.1 Å². The minimum atomic E-state index is 0.568. The van der Waals surface area contributed by atoms with Crippen molar-refractivity contribution >= 4 is 6.08 Å². The molecule has 0 unspecified atom stereocenters. The van der Waals surface area contributed by atoms with Gasteiger partial charge >= 0.3 is 0 Å². The normalized spacial score (nSPS) is 11.4. The van der Waals surface area contributed by atoms with Gasteiger partial charge in [-0.1, -0.05) is 50.3 Å². The van der Waals surface area contributed by atoms with Gasteiger partial charge in [0.1, 0.15) is 0 Å². The molecule has 0 saturated carbocycles. The topological polar surface area (TPSA) is 26.0 Å². The van der Waals surface area contributed by atoms with E-state index in [1.54, 1.807) is 0 Å². The van der Waals surface area contributed by atoms with Crippen LogP contribution in [0, 0.1) is 0 Å². The second kappa shape index (κ2) is 4.83. The summed E-state index contributed by atoms with van der Waals surface area (Å²) < 4.78 is 0. The fourth-order valence-corrected chi connectivity index (χ4v) is 1.38. The van der Waals surface area contributed by atoms with Crippen LogP contribution in [0.25, 0.3) is 6.08 Å². The molecule has 0 amide bonds. The van der Waals surface area contributed by atoms with E-state index >= 15 is 0 Å². The van der Waals surface area contributed by atoms with Crippen molar-refractivity contribution in [2.45, 2.75) is 19.8 Å². The fraction of sp³-hybridized carbons (Fsp3) is 0.333. The molecular formula is C12H17N. The third-order valence-electron chi connectivity index (χ3n) is 2.05. The maximum absolute atomic E-state index is 5.42. The van der Waals surface area contributed by atoms with Gasteiger partial charge in [0.15, 0.2) is 0 Å². The molecule has 1 aromatic rings. The molecule has 0 fully saturated rings. The zero-order valence-electron chi connectivity index (χ0n) is 8.33. The maximum atomic E-state index is 5.42. The summed E-state index contributed by atoms with van der Waals surface area (Å²) in [5, 5.41) is 0. The summed E-state index contributed by atoms with van der Waals surface area (Å²) in [4.78, 5) is 0. The number of hydrogen-bond donors (Lipinski definition) is 1. The zero-order valence-corrected chi connectivity index (χ0v) is 8.33. The molecular weight excluding hydrogens is 158 g/mol. The van der Waals surface area contributed by atoms with Gasteiger partial charge in [-0.15, -0.1) is 0 Å². The molecule has 2 N–H and O–H groups in total. The molecule has 0 aliphatic carbocycles. The average molecular weight is 175 g/mol. The van der Waals surface area contributed by atoms with E-state index in [0.717, 1.165) is 0 Å². The molecule has 0 bridgehead atoms. The van der Waals surface area contributed by atoms with Gasteiger partial charge in [-0.3, -0.25) is 0 Å². The molecule has 0 aliphatic heterocycles. The molecule has 70 valence electrons. The van der Waals surface area contributed by atoms with Crippen LogP contribution in [-0.2, 0) is 0 Å². The summed E-state index contributed by atoms with van der Waals surface area (Å²) in [6.07, 6.45) is 4.08. The van der Waals surface area contributed by atoms with Gasteiger partial charge in [-0.25, -0.2) is 0 Å². The van der Waals surface area contributed by atoms with Crippen molar-refractivity contribution in [3.63, 3.8) is 0 Å². The number of benzene rings is 1. The zero-order chi connectivity index (χ0) is 9.68. The smallest absolute Gasteiger partial charge is 0.0110 e. The first kappa shape index (κ1) is 10.0. The Labute approximate surface area is 80.3 Å². The molecule has 0 radical (unpaired) electrons. The predicted octanol–water partition coefficient (Wildman–Crippen LogP) is 2.78. The summed E-state index contributed by atoms with van der Waals surface area (Å²) in [5.74, 6) is 0.568. The Kier molecular flexibility index (Phi) is 3.71. The Morgan fingerprint density at radius 3 is 2.62 bits per heavy atom. The van der Waals surface area contributed by atoms with Crippen LogP contribution >= 0.6 is 0 Å². The molecule has 13 heavy (non-hydrogen) atoms. The number of nitrogens with two attached hydrogens (primary N) is 1. The summed E-state index contributed by atoms with van der Waals surface area (Å²) in [5.41, 5.74) is 8.08. The molecule has 1 aromatic carbocycles. The van der Waals surface area contributed by atoms with Crippen LogP contribution in [-0.4, -0.2) is 6.54 Å². The number of rotatable bonds is 3. The summed E-state index contributed by atoms with van der Waals surface area (Å²) in [6.45, 7) is 5.01. The van der Waals surface area contributed by atoms with Crippen LogP contribution < -0.4 is 5.73 Å². The van der Waals surface area contributed by atoms with Gasteiger partial charge < -0.3 is 5.73 Å². The molecule has 0 saturated heterocycles. The third kappa shape index (κ3) is 2.71. The van der Waals surface area contributed by atoms with E-state index in [2.05, 4.69) is 44.2 Å². The standard InChI is InChI=1S/C12H17N/c1-10(2)12-8-4-3-6-11(12)7-5-9-13/h3-8,10H,9,13H2,1-2H3. The molecule has 0 atom stereocenters. The van der Waals surface area contributed by atoms with E-state index in [0.29, 0.717) is 12.5 Å². The van der Waals surface area contributed by atoms with E-state index in [9.17, 15) is 0 Å². The van der Waals surface area contributed by atoms with Crippen molar-refractivity contribution in [2.24, 2.45) is 5.73 Å². The van der Waals surface area contributed by atoms with E-state index in [-0.39, 0.29) is 0 Å². The van der Waals surface area contributed by atoms with Gasteiger partial charge in [0.25, 0.3) is 0 Å². The van der Waals surface area contributed by atoms with Crippen LogP contribution in [0.3, 0.4) is 0 Å². The van der Waals surface area contributed by atoms with Gasteiger partial charge in [0.2, 0.25) is 0 Å². The monoisotopic (exact) mass is 175 g/mol. The van der Waals surface area contributed by atoms with Gasteiger partial charge in [-0.2, -0.15) is 0 Å². The Bertz CT molecular complexity index is 287. The minimum absolute atomic E-state index is 0.568. The lowest BCUT2D eigenvalue weighted by Crippen LogP contribution is -1.94. The largest absolute Gasteiger partial charge is 0.327 e. The first-order valence-corrected chi connectivity index (χ1v) is 4.71. The van der Waals surface area contributed by atoms with Crippen molar-refractivity contribution in [2.75, 3.05) is 6.54 Å². The van der Waals surface area contributed by atoms with Crippen LogP contribution in [0.1, 0.15) is 30.9 Å². The van der Waals surface area contributed by atoms with Crippen molar-refractivity contribution < 1.29 is 0 Å². The summed E-state index contributed by atoms with van der Waals surface area (Å²) in [6, 6.07) is 8.43. The van der Waals surface area contributed by atoms with Crippen LogP contribution in [0.2, 0.25) is 0 Å². The minimum Gasteiger partial charge on any atom is -0.327 e. The second-order valence-corrected chi connectivity index (χ2v) is 3.42. The Morgan fingerprint density at radius 2 is 2.00 bits per heavy atom. The van der Waals surface area contributed by atoms with Crippen LogP contribution in [0.5, 0.6) is 0 Å². The lowest BCUT2D eigenvalue weighted by Gasteiger charge is -2.08. The van der Waals surface area contributed by atoms with Crippen molar-refractivity contribution in [1.29, 1.82) is 0 Å². The SMILES string of the molecule is CC(C)c1ccccc1C=CCN. The third-order valence-corrected chi connectivity index (χ3v) is 2.05. The Morgan fingerprint density at radius 1 is 1.31 bits per heavy atom. The number of hydrogen-bond acceptors (Lipinski definition) is 1. The first-order chi connectivity index (χ1) is 6.25. The van der Waals surface area contributed by atoms with Crippen LogP contribution in [0.4, 0.5) is 0 Å². The highest BCUT2D eigenvalue weighted by molar-refractivity contribution is 5.54. The molecule has 1 nitrogen and oxygen atoms in total. The van der Waals surface area contributed by atoms with Gasteiger partial charge in [0, 0.05) is 6.54 Å². The quantitative estimate of drug-likeness (QED) is 0.751. The van der Waals surface area contributed by atoms with E-state index in [4.69, 9.17) is 5.73 Å². The highest BCUT2D eigenvalue weighted by Crippen LogP contribution is 2.19. The van der Waals surface area contributed by atoms with Crippen molar-refractivity contribution in [1.82, 2.24) is 0 Å². The molecule has 0 aliphatic rings. The van der Waals surface area contributed by atoms with E-state index in [1.807, 2.05) is 6.08 Å². The second-order valence-electron chi connectivity index (χ2n) is 3.42. The van der Waals surface area contributed by atoms with Crippen molar-refractivity contribution in [3.05, 3.63) is 41.5 Å². The lowest BCUT2D eigenvalue weighted by molar-refractivity contribution is 0.864. The lowest BCUT2D eigenvalue weighted by atomic mass is 9.97. The summed E-state index contributed by atoms with van der Waals surface area (Å²) in [7, 11) is 0. The Balaban J connectivity index is 2.97. The Hall–Kier alpha value is -1.08. The highest BCUT2D eigenvalue weighted by atomic mass is 14.5.